The van der Waals surface area contributed by atoms with Crippen molar-refractivity contribution < 1.29 is 34.0 Å². The predicted octanol–water partition coefficient (Wildman–Crippen LogP) is -2.07. The standard InChI is InChI=1S/C20H28FN5O6/c1-10(28)24-16-13(25-20(22)23)7-15(32-18(16)17(30)14(29)9-27)19(31)26(2)8-11-4-3-5-12(21)6-11/h3-7,13-14,16-18,27,29-30H,8-9H2,1-2H3,(H,24,28)(H4,22,23,25)/t13-,14+,16+,17+,18+/m0/s1. The summed E-state index contributed by atoms with van der Waals surface area (Å²) in [7, 11) is 1.46. The van der Waals surface area contributed by atoms with E-state index in [1.165, 1.54) is 43.1 Å². The summed E-state index contributed by atoms with van der Waals surface area (Å²) in [4.78, 5) is 30.0. The van der Waals surface area contributed by atoms with E-state index in [0.717, 1.165) is 0 Å². The lowest BCUT2D eigenvalue weighted by atomic mass is 9.92. The van der Waals surface area contributed by atoms with Gasteiger partial charge < -0.3 is 41.7 Å². The van der Waals surface area contributed by atoms with Gasteiger partial charge in [-0.25, -0.2) is 9.38 Å². The summed E-state index contributed by atoms with van der Waals surface area (Å²) < 4.78 is 19.1. The van der Waals surface area contributed by atoms with E-state index < -0.39 is 54.6 Å². The van der Waals surface area contributed by atoms with Crippen LogP contribution in [-0.2, 0) is 20.9 Å². The molecule has 5 atom stereocenters. The first kappa shape index (κ1) is 25.0. The number of benzene rings is 1. The number of carbonyl (C=O) groups excluding carboxylic acids is 2. The first-order chi connectivity index (χ1) is 15.0. The van der Waals surface area contributed by atoms with Gasteiger partial charge in [-0.05, 0) is 23.8 Å². The Kier molecular flexibility index (Phi) is 8.52. The molecule has 0 unspecified atom stereocenters. The van der Waals surface area contributed by atoms with E-state index in [2.05, 4.69) is 10.3 Å². The Hall–Kier alpha value is -3.22. The number of nitrogens with one attached hydrogen (secondary N) is 1. The molecular formula is C20H28FN5O6. The zero-order valence-electron chi connectivity index (χ0n) is 17.7. The average Bonchev–Trinajstić information content (AvgIpc) is 2.72. The highest BCUT2D eigenvalue weighted by Crippen LogP contribution is 2.26. The van der Waals surface area contributed by atoms with Gasteiger partial charge in [0.25, 0.3) is 5.91 Å². The van der Waals surface area contributed by atoms with Gasteiger partial charge in [-0.2, -0.15) is 0 Å². The van der Waals surface area contributed by atoms with E-state index in [0.29, 0.717) is 5.56 Å². The largest absolute Gasteiger partial charge is 0.480 e. The summed E-state index contributed by atoms with van der Waals surface area (Å²) in [6, 6.07) is 3.62. The smallest absolute Gasteiger partial charge is 0.288 e. The minimum absolute atomic E-state index is 0.0475. The van der Waals surface area contributed by atoms with Crippen molar-refractivity contribution >= 4 is 17.8 Å². The van der Waals surface area contributed by atoms with Gasteiger partial charge >= 0.3 is 0 Å². The van der Waals surface area contributed by atoms with Crippen LogP contribution in [0.5, 0.6) is 0 Å². The summed E-state index contributed by atoms with van der Waals surface area (Å²) in [5.41, 5.74) is 11.5. The molecule has 12 heteroatoms. The molecular weight excluding hydrogens is 425 g/mol. The lowest BCUT2D eigenvalue weighted by Crippen LogP contribution is -2.60. The second kappa shape index (κ2) is 10.9. The third-order valence-corrected chi connectivity index (χ3v) is 4.76. The Balaban J connectivity index is 2.38. The van der Waals surface area contributed by atoms with Crippen molar-refractivity contribution in [1.82, 2.24) is 10.2 Å². The van der Waals surface area contributed by atoms with Gasteiger partial charge in [0.2, 0.25) is 5.91 Å². The summed E-state index contributed by atoms with van der Waals surface area (Å²) in [6.07, 6.45) is -3.42. The second-order valence-electron chi connectivity index (χ2n) is 7.42. The van der Waals surface area contributed by atoms with Crippen LogP contribution in [0.2, 0.25) is 0 Å². The van der Waals surface area contributed by atoms with Gasteiger partial charge in [0, 0.05) is 20.5 Å². The van der Waals surface area contributed by atoms with Crippen molar-refractivity contribution in [3.05, 3.63) is 47.5 Å². The van der Waals surface area contributed by atoms with Crippen LogP contribution in [0.1, 0.15) is 12.5 Å². The number of ether oxygens (including phenoxy) is 1. The molecule has 0 fully saturated rings. The molecule has 1 aromatic carbocycles. The van der Waals surface area contributed by atoms with E-state index >= 15 is 0 Å². The predicted molar refractivity (Wildman–Crippen MR) is 112 cm³/mol. The lowest BCUT2D eigenvalue weighted by Gasteiger charge is -2.39. The third kappa shape index (κ3) is 6.39. The molecule has 8 N–H and O–H groups in total. The molecule has 0 bridgehead atoms. The maximum atomic E-state index is 13.5. The molecule has 0 aromatic heterocycles. The Labute approximate surface area is 184 Å². The minimum atomic E-state index is -1.70. The highest BCUT2D eigenvalue weighted by atomic mass is 19.1. The van der Waals surface area contributed by atoms with Gasteiger partial charge in [0.15, 0.2) is 11.7 Å². The number of hydrogen-bond acceptors (Lipinski definition) is 7. The molecule has 0 saturated heterocycles. The Morgan fingerprint density at radius 3 is 2.59 bits per heavy atom. The summed E-state index contributed by atoms with van der Waals surface area (Å²) in [5.74, 6) is -2.20. The topological polar surface area (TPSA) is 184 Å². The number of amides is 2. The SMILES string of the molecule is CC(=O)N[C@H]1[C@H]([C@H](O)[C@H](O)CO)OC(C(=O)N(C)Cc2cccc(F)c2)=C[C@@H]1N=C(N)N. The van der Waals surface area contributed by atoms with Crippen LogP contribution in [0.3, 0.4) is 0 Å². The molecule has 2 rings (SSSR count). The monoisotopic (exact) mass is 453 g/mol. The number of carbonyl (C=O) groups is 2. The molecule has 1 heterocycles. The second-order valence-corrected chi connectivity index (χ2v) is 7.42. The third-order valence-electron chi connectivity index (χ3n) is 4.76. The molecule has 2 amide bonds. The summed E-state index contributed by atoms with van der Waals surface area (Å²) in [6.45, 7) is 0.467. The zero-order chi connectivity index (χ0) is 24.0. The Bertz CT molecular complexity index is 891. The van der Waals surface area contributed by atoms with E-state index in [1.54, 1.807) is 6.07 Å². The van der Waals surface area contributed by atoms with Crippen molar-refractivity contribution in [2.24, 2.45) is 16.5 Å². The molecule has 0 radical (unpaired) electrons. The maximum Gasteiger partial charge on any atom is 0.288 e. The van der Waals surface area contributed by atoms with E-state index in [9.17, 15) is 29.3 Å². The van der Waals surface area contributed by atoms with Crippen LogP contribution in [0.25, 0.3) is 0 Å². The number of aliphatic hydroxyl groups is 3. The molecule has 1 aliphatic rings. The van der Waals surface area contributed by atoms with Crippen LogP contribution in [-0.4, -0.2) is 82.0 Å². The molecule has 0 spiro atoms. The number of likely N-dealkylation sites (N-methyl/N-ethyl adjacent to an activating group) is 1. The summed E-state index contributed by atoms with van der Waals surface area (Å²) in [5, 5.41) is 32.2. The van der Waals surface area contributed by atoms with Crippen LogP contribution >= 0.6 is 0 Å². The fraction of sp³-hybridized carbons (Fsp3) is 0.450. The molecule has 176 valence electrons. The number of rotatable bonds is 8. The van der Waals surface area contributed by atoms with Crippen molar-refractivity contribution in [3.63, 3.8) is 0 Å². The Morgan fingerprint density at radius 1 is 1.34 bits per heavy atom. The lowest BCUT2D eigenvalue weighted by molar-refractivity contribution is -0.140. The van der Waals surface area contributed by atoms with Gasteiger partial charge in [-0.15, -0.1) is 0 Å². The molecule has 11 nitrogen and oxygen atoms in total. The van der Waals surface area contributed by atoms with E-state index in [1.807, 2.05) is 0 Å². The zero-order valence-corrected chi connectivity index (χ0v) is 17.7. The highest BCUT2D eigenvalue weighted by Gasteiger charge is 2.44. The normalized spacial score (nSPS) is 22.1. The van der Waals surface area contributed by atoms with E-state index in [4.69, 9.17) is 16.2 Å². The maximum absolute atomic E-state index is 13.5. The number of halogens is 1. The molecule has 1 aliphatic heterocycles. The molecule has 0 saturated carbocycles. The van der Waals surface area contributed by atoms with Gasteiger partial charge in [-0.3, -0.25) is 9.59 Å². The molecule has 0 aliphatic carbocycles. The van der Waals surface area contributed by atoms with Gasteiger partial charge in [0.05, 0.1) is 18.7 Å². The minimum Gasteiger partial charge on any atom is -0.480 e. The summed E-state index contributed by atoms with van der Waals surface area (Å²) >= 11 is 0. The van der Waals surface area contributed by atoms with E-state index in [-0.39, 0.29) is 18.3 Å². The molecule has 1 aromatic rings. The number of aliphatic hydroxyl groups excluding tert-OH is 3. The Morgan fingerprint density at radius 2 is 2.03 bits per heavy atom. The van der Waals surface area contributed by atoms with Crippen molar-refractivity contribution in [1.29, 1.82) is 0 Å². The number of guanidine groups is 1. The number of aliphatic imine (C=N–C) groups is 1. The van der Waals surface area contributed by atoms with Crippen LogP contribution in [0.15, 0.2) is 41.1 Å². The van der Waals surface area contributed by atoms with Crippen LogP contribution < -0.4 is 16.8 Å². The number of nitrogens with zero attached hydrogens (tertiary/aromatic N) is 2. The first-order valence-corrected chi connectivity index (χ1v) is 9.74. The highest BCUT2D eigenvalue weighted by molar-refractivity contribution is 5.92. The first-order valence-electron chi connectivity index (χ1n) is 9.74. The van der Waals surface area contributed by atoms with Gasteiger partial charge in [-0.1, -0.05) is 12.1 Å². The quantitative estimate of drug-likeness (QED) is 0.191. The van der Waals surface area contributed by atoms with Crippen molar-refractivity contribution in [2.45, 2.75) is 43.9 Å². The molecule has 32 heavy (non-hydrogen) atoms. The number of nitrogens with two attached hydrogens (primary N) is 2. The van der Waals surface area contributed by atoms with Crippen LogP contribution in [0.4, 0.5) is 4.39 Å². The van der Waals surface area contributed by atoms with Gasteiger partial charge in [0.1, 0.15) is 24.1 Å². The van der Waals surface area contributed by atoms with Crippen LogP contribution in [0, 0.1) is 5.82 Å². The van der Waals surface area contributed by atoms with Crippen molar-refractivity contribution in [2.75, 3.05) is 13.7 Å². The van der Waals surface area contributed by atoms with Crippen molar-refractivity contribution in [3.8, 4) is 0 Å². The fourth-order valence-electron chi connectivity index (χ4n) is 3.30. The number of hydrogen-bond donors (Lipinski definition) is 6. The fourth-order valence-corrected chi connectivity index (χ4v) is 3.30. The average molecular weight is 453 g/mol.